The van der Waals surface area contributed by atoms with Gasteiger partial charge in [-0.2, -0.15) is 4.31 Å². The van der Waals surface area contributed by atoms with Crippen LogP contribution in [-0.2, 0) is 10.0 Å². The molecule has 0 aliphatic heterocycles. The second-order valence-corrected chi connectivity index (χ2v) is 7.30. The van der Waals surface area contributed by atoms with Crippen molar-refractivity contribution in [2.75, 3.05) is 13.1 Å². The number of aliphatic hydroxyl groups excluding tert-OH is 1. The molecule has 1 aromatic carbocycles. The molecule has 0 aliphatic carbocycles. The Labute approximate surface area is 128 Å². The molecule has 21 heavy (non-hydrogen) atoms. The van der Waals surface area contributed by atoms with Crippen LogP contribution in [0, 0.1) is 0 Å². The van der Waals surface area contributed by atoms with Gasteiger partial charge in [-0.05, 0) is 37.5 Å². The molecule has 1 aromatic rings. The van der Waals surface area contributed by atoms with Crippen molar-refractivity contribution in [2.24, 2.45) is 0 Å². The number of aliphatic hydroxyl groups is 1. The van der Waals surface area contributed by atoms with Gasteiger partial charge in [-0.1, -0.05) is 38.8 Å². The third-order valence-corrected chi connectivity index (χ3v) is 5.40. The van der Waals surface area contributed by atoms with E-state index in [1.54, 1.807) is 35.5 Å². The molecule has 4 nitrogen and oxygen atoms in total. The average molecular weight is 313 g/mol. The van der Waals surface area contributed by atoms with Crippen molar-refractivity contribution in [3.63, 3.8) is 0 Å². The van der Waals surface area contributed by atoms with Gasteiger partial charge < -0.3 is 5.11 Å². The van der Waals surface area contributed by atoms with Gasteiger partial charge in [0.1, 0.15) is 0 Å². The van der Waals surface area contributed by atoms with Crippen LogP contribution in [0.15, 0.2) is 29.2 Å². The summed E-state index contributed by atoms with van der Waals surface area (Å²) in [6.07, 6.45) is 2.98. The smallest absolute Gasteiger partial charge is 0.243 e. The Bertz CT molecular complexity index is 518. The summed E-state index contributed by atoms with van der Waals surface area (Å²) in [5, 5.41) is 9.63. The van der Waals surface area contributed by atoms with Crippen LogP contribution in [0.2, 0.25) is 0 Å². The van der Waals surface area contributed by atoms with E-state index in [4.69, 9.17) is 0 Å². The fourth-order valence-corrected chi connectivity index (χ4v) is 3.68. The van der Waals surface area contributed by atoms with Crippen LogP contribution < -0.4 is 0 Å². The first kappa shape index (κ1) is 18.1. The number of unbranched alkanes of at least 4 members (excludes halogenated alkanes) is 2. The number of sulfonamides is 1. The molecule has 1 N–H and O–H groups in total. The molecule has 0 bridgehead atoms. The van der Waals surface area contributed by atoms with E-state index in [2.05, 4.69) is 13.8 Å². The normalized spacial score (nSPS) is 13.6. The van der Waals surface area contributed by atoms with E-state index in [9.17, 15) is 13.5 Å². The molecule has 5 heteroatoms. The first-order chi connectivity index (χ1) is 9.93. The predicted molar refractivity (Wildman–Crippen MR) is 85.7 cm³/mol. The van der Waals surface area contributed by atoms with Gasteiger partial charge in [-0.3, -0.25) is 0 Å². The van der Waals surface area contributed by atoms with Crippen LogP contribution in [0.5, 0.6) is 0 Å². The van der Waals surface area contributed by atoms with E-state index in [1.165, 1.54) is 0 Å². The largest absolute Gasteiger partial charge is 0.389 e. The lowest BCUT2D eigenvalue weighted by Crippen LogP contribution is -2.33. The topological polar surface area (TPSA) is 57.6 Å². The molecule has 1 unspecified atom stereocenters. The molecule has 0 spiro atoms. The summed E-state index contributed by atoms with van der Waals surface area (Å²) in [5.41, 5.74) is 0.627. The lowest BCUT2D eigenvalue weighted by molar-refractivity contribution is 0.199. The third kappa shape index (κ3) is 5.09. The van der Waals surface area contributed by atoms with Crippen molar-refractivity contribution in [2.45, 2.75) is 57.5 Å². The monoisotopic (exact) mass is 313 g/mol. The minimum atomic E-state index is -3.48. The molecular weight excluding hydrogens is 286 g/mol. The Balaban J connectivity index is 3.06. The van der Waals surface area contributed by atoms with Gasteiger partial charge in [-0.15, -0.1) is 0 Å². The van der Waals surface area contributed by atoms with Gasteiger partial charge in [-0.25, -0.2) is 8.42 Å². The Kier molecular flexibility index (Phi) is 7.35. The zero-order valence-electron chi connectivity index (χ0n) is 13.2. The second-order valence-electron chi connectivity index (χ2n) is 5.36. The number of rotatable bonds is 9. The van der Waals surface area contributed by atoms with Gasteiger partial charge in [0.25, 0.3) is 0 Å². The average Bonchev–Trinajstić information content (AvgIpc) is 2.47. The van der Waals surface area contributed by atoms with Gasteiger partial charge in [0.2, 0.25) is 10.0 Å². The Morgan fingerprint density at radius 1 is 1.14 bits per heavy atom. The molecule has 0 aromatic heterocycles. The molecule has 0 radical (unpaired) electrons. The van der Waals surface area contributed by atoms with Gasteiger partial charge >= 0.3 is 0 Å². The van der Waals surface area contributed by atoms with Crippen LogP contribution in [0.25, 0.3) is 0 Å². The fourth-order valence-electron chi connectivity index (χ4n) is 2.11. The molecular formula is C16H27NO3S. The lowest BCUT2D eigenvalue weighted by Gasteiger charge is -2.22. The van der Waals surface area contributed by atoms with Crippen LogP contribution in [0.1, 0.15) is 58.1 Å². The van der Waals surface area contributed by atoms with Crippen molar-refractivity contribution in [1.82, 2.24) is 4.31 Å². The highest BCUT2D eigenvalue weighted by Gasteiger charge is 2.23. The summed E-state index contributed by atoms with van der Waals surface area (Å²) in [7, 11) is -3.48. The fraction of sp³-hybridized carbons (Fsp3) is 0.625. The molecule has 0 saturated carbocycles. The Morgan fingerprint density at radius 2 is 1.71 bits per heavy atom. The zero-order valence-corrected chi connectivity index (χ0v) is 14.1. The highest BCUT2D eigenvalue weighted by atomic mass is 32.2. The van der Waals surface area contributed by atoms with E-state index in [-0.39, 0.29) is 4.90 Å². The summed E-state index contributed by atoms with van der Waals surface area (Å²) in [5.74, 6) is 0. The summed E-state index contributed by atoms with van der Waals surface area (Å²) >= 11 is 0. The number of hydrogen-bond acceptors (Lipinski definition) is 3. The molecule has 1 atom stereocenters. The van der Waals surface area contributed by atoms with Crippen molar-refractivity contribution in [3.05, 3.63) is 29.8 Å². The van der Waals surface area contributed by atoms with E-state index in [1.807, 2.05) is 0 Å². The second kappa shape index (κ2) is 8.51. The highest BCUT2D eigenvalue weighted by molar-refractivity contribution is 7.89. The molecule has 0 heterocycles. The maximum atomic E-state index is 12.8. The van der Waals surface area contributed by atoms with Crippen LogP contribution in [0.4, 0.5) is 0 Å². The van der Waals surface area contributed by atoms with Crippen molar-refractivity contribution >= 4 is 10.0 Å². The molecule has 0 aliphatic rings. The quantitative estimate of drug-likeness (QED) is 0.761. The van der Waals surface area contributed by atoms with E-state index < -0.39 is 16.1 Å². The molecule has 0 fully saturated rings. The van der Waals surface area contributed by atoms with Crippen molar-refractivity contribution in [3.8, 4) is 0 Å². The van der Waals surface area contributed by atoms with Crippen molar-refractivity contribution < 1.29 is 13.5 Å². The minimum absolute atomic E-state index is 0.271. The molecule has 120 valence electrons. The first-order valence-electron chi connectivity index (χ1n) is 7.71. The lowest BCUT2D eigenvalue weighted by atomic mass is 10.1. The minimum Gasteiger partial charge on any atom is -0.389 e. The van der Waals surface area contributed by atoms with Crippen LogP contribution >= 0.6 is 0 Å². The Hall–Kier alpha value is -0.910. The summed E-state index contributed by atoms with van der Waals surface area (Å²) in [6.45, 7) is 6.85. The maximum absolute atomic E-state index is 12.8. The van der Waals surface area contributed by atoms with Crippen LogP contribution in [-0.4, -0.2) is 30.9 Å². The molecule has 0 amide bonds. The third-order valence-electron chi connectivity index (χ3n) is 3.50. The number of hydrogen-bond donors (Lipinski definition) is 1. The highest BCUT2D eigenvalue weighted by Crippen LogP contribution is 2.21. The van der Waals surface area contributed by atoms with E-state index in [0.717, 1.165) is 25.7 Å². The Morgan fingerprint density at radius 3 is 2.19 bits per heavy atom. The zero-order chi connectivity index (χ0) is 15.9. The van der Waals surface area contributed by atoms with Gasteiger partial charge in [0, 0.05) is 13.1 Å². The van der Waals surface area contributed by atoms with E-state index >= 15 is 0 Å². The van der Waals surface area contributed by atoms with Gasteiger partial charge in [0.05, 0.1) is 11.0 Å². The first-order valence-corrected chi connectivity index (χ1v) is 9.15. The summed E-state index contributed by atoms with van der Waals surface area (Å²) < 4.78 is 27.1. The maximum Gasteiger partial charge on any atom is 0.243 e. The SMILES string of the molecule is CCCCN(CCCC)S(=O)(=O)c1cccc(C(C)O)c1. The van der Waals surface area contributed by atoms with Gasteiger partial charge in [0.15, 0.2) is 0 Å². The number of nitrogens with zero attached hydrogens (tertiary/aromatic N) is 1. The number of benzene rings is 1. The van der Waals surface area contributed by atoms with E-state index in [0.29, 0.717) is 18.7 Å². The molecule has 1 rings (SSSR count). The predicted octanol–water partition coefficient (Wildman–Crippen LogP) is 3.33. The summed E-state index contributed by atoms with van der Waals surface area (Å²) in [6, 6.07) is 6.61. The molecule has 0 saturated heterocycles. The standard InChI is InChI=1S/C16H27NO3S/c1-4-6-11-17(12-7-5-2)21(19,20)16-10-8-9-15(13-16)14(3)18/h8-10,13-14,18H,4-7,11-12H2,1-3H3. The van der Waals surface area contributed by atoms with Crippen molar-refractivity contribution in [1.29, 1.82) is 0 Å². The summed E-state index contributed by atoms with van der Waals surface area (Å²) in [4.78, 5) is 0.271. The van der Waals surface area contributed by atoms with Crippen LogP contribution in [0.3, 0.4) is 0 Å².